The summed E-state index contributed by atoms with van der Waals surface area (Å²) in [6.45, 7) is 9.55. The Morgan fingerprint density at radius 3 is 0.667 bits per heavy atom. The maximum Gasteiger partial charge on any atom is 0.0788 e. The Balaban J connectivity index is 0.000000110. The molecule has 0 saturated heterocycles. The van der Waals surface area contributed by atoms with Crippen LogP contribution in [0.5, 0.6) is 0 Å². The summed E-state index contributed by atoms with van der Waals surface area (Å²) < 4.78 is 15.2. The molecule has 0 radical (unpaired) electrons. The zero-order chi connectivity index (χ0) is 95.6. The summed E-state index contributed by atoms with van der Waals surface area (Å²) in [4.78, 5) is 0. The highest BCUT2D eigenvalue weighted by atomic mass is 32.1. The molecule has 6 aromatic heterocycles. The Morgan fingerprint density at radius 1 is 0.146 bits per heavy atom. The van der Waals surface area contributed by atoms with E-state index in [4.69, 9.17) is 0 Å². The number of hydrogen-bond donors (Lipinski definition) is 0. The van der Waals surface area contributed by atoms with E-state index in [1.54, 1.807) is 0 Å². The molecular formula is C138H94N4S2. The van der Waals surface area contributed by atoms with Gasteiger partial charge in [-0.1, -0.05) is 392 Å². The summed E-state index contributed by atoms with van der Waals surface area (Å²) in [5.41, 5.74) is 43.1. The van der Waals surface area contributed by atoms with Gasteiger partial charge in [0.25, 0.3) is 0 Å². The average molecular weight is 1870 g/mol. The van der Waals surface area contributed by atoms with Crippen molar-refractivity contribution in [1.82, 2.24) is 18.3 Å². The van der Waals surface area contributed by atoms with Crippen LogP contribution in [0.3, 0.4) is 0 Å². The molecule has 4 nitrogen and oxygen atoms in total. The van der Waals surface area contributed by atoms with E-state index in [-0.39, 0.29) is 10.8 Å². The highest BCUT2D eigenvalue weighted by Gasteiger charge is 2.42. The first-order valence-corrected chi connectivity index (χ1v) is 51.5. The van der Waals surface area contributed by atoms with Crippen LogP contribution in [0.2, 0.25) is 0 Å². The van der Waals surface area contributed by atoms with Crippen LogP contribution >= 0.6 is 22.7 Å². The summed E-state index contributed by atoms with van der Waals surface area (Å²) in [6, 6.07) is 183. The van der Waals surface area contributed by atoms with Gasteiger partial charge in [0.1, 0.15) is 0 Å². The van der Waals surface area contributed by atoms with Crippen molar-refractivity contribution in [3.05, 3.63) is 520 Å². The normalized spacial score (nSPS) is 12.8. The summed E-state index contributed by atoms with van der Waals surface area (Å²) in [6.07, 6.45) is 0. The SMILES string of the molecule is CC1(C)c2cc(-c3ccccc3)ccc2-c2cc3c(cc21)-c1ccc(-c2ccccc2)cc1C3(C)C.c1ccc(-c2cc3sc4cc5c(cc4c3cc2-c2ccccc2)sc2cc(-c3ccccc3)c(-c3ccccc3)cc25)cc1.c1ccc(-n2c3ccccc3c3ccc4c5ccccc5n(-c5ccc(-c6ccc(-n7c8ccccc8c8ccc9c%10ccccc%10n(-c%10ccccc%10)c9c87)cc6)cc5)c4c32)cc1. The van der Waals surface area contributed by atoms with Crippen molar-refractivity contribution in [3.8, 4) is 123 Å². The number of rotatable bonds is 11. The lowest BCUT2D eigenvalue weighted by molar-refractivity contribution is 0.652. The van der Waals surface area contributed by atoms with Gasteiger partial charge in [-0.25, -0.2) is 0 Å². The van der Waals surface area contributed by atoms with Crippen LogP contribution in [0.25, 0.3) is 250 Å². The third-order valence-electron chi connectivity index (χ3n) is 30.9. The molecule has 0 amide bonds. The molecule has 0 spiro atoms. The molecule has 6 heteroatoms. The van der Waals surface area contributed by atoms with Gasteiger partial charge in [0.05, 0.1) is 44.1 Å². The minimum absolute atomic E-state index is 0.0403. The Labute approximate surface area is 843 Å². The summed E-state index contributed by atoms with van der Waals surface area (Å²) in [5.74, 6) is 0. The predicted octanol–water partition coefficient (Wildman–Crippen LogP) is 38.5. The molecule has 0 aliphatic heterocycles. The van der Waals surface area contributed by atoms with Gasteiger partial charge >= 0.3 is 0 Å². The van der Waals surface area contributed by atoms with Gasteiger partial charge in [-0.15, -0.1) is 22.7 Å². The molecule has 0 fully saturated rings. The van der Waals surface area contributed by atoms with E-state index in [1.807, 2.05) is 22.7 Å². The van der Waals surface area contributed by atoms with Gasteiger partial charge in [0.15, 0.2) is 0 Å². The fourth-order valence-corrected chi connectivity index (χ4v) is 26.3. The topological polar surface area (TPSA) is 19.7 Å². The monoisotopic (exact) mass is 1870 g/mol. The summed E-state index contributed by atoms with van der Waals surface area (Å²) >= 11 is 3.81. The van der Waals surface area contributed by atoms with Crippen LogP contribution in [-0.4, -0.2) is 18.3 Å². The van der Waals surface area contributed by atoms with Crippen LogP contribution in [0.4, 0.5) is 0 Å². The standard InChI is InChI=1S/C60H38N4.C42H26S2.C36H30/c1-3-15-41(16-4-1)61-53-23-11-7-19-45(53)49-35-37-51-47-21-9-13-25-55(47)63(59(51)57(49)61)43-31-27-39(28-32-43)40-29-33-44(34-30-40)64-56-26-14-10-22-48(56)52-38-36-50-46-20-8-12-24-54(46)62(58(50)60(52)64)42-17-5-2-6-18-42;1-5-13-27(14-6-1)31-21-35-37-25-42-38(26-41(37)43-39(35)23-33(31)29-17-9-3-10-18-29)36-22-32(28-15-7-2-8-16-28)34(24-40(36)44-42)30-19-11-4-12-20-30;1-35(2)31-19-25(23-11-7-5-8-12-23)15-17-27(31)29-22-34-30(21-33(29)35)28-18-16-26(20-32(28)36(34,3)4)24-13-9-6-10-14-24/h1-38H;1-26H;5-22H,1-4H3. The largest absolute Gasteiger partial charge is 0.307 e. The minimum atomic E-state index is -0.0403. The van der Waals surface area contributed by atoms with Crippen molar-refractivity contribution in [2.75, 3.05) is 0 Å². The number of nitrogens with zero attached hydrogens (tertiary/aromatic N) is 4. The van der Waals surface area contributed by atoms with Gasteiger partial charge in [0.2, 0.25) is 0 Å². The van der Waals surface area contributed by atoms with E-state index in [9.17, 15) is 0 Å². The molecular weight excluding hydrogens is 1780 g/mol. The van der Waals surface area contributed by atoms with Crippen molar-refractivity contribution in [2.24, 2.45) is 0 Å². The quantitative estimate of drug-likeness (QED) is 0.123. The second kappa shape index (κ2) is 33.6. The van der Waals surface area contributed by atoms with Crippen molar-refractivity contribution < 1.29 is 0 Å². The molecule has 678 valence electrons. The fourth-order valence-electron chi connectivity index (χ4n) is 24.0. The smallest absolute Gasteiger partial charge is 0.0788 e. The Bertz CT molecular complexity index is 9430. The third kappa shape index (κ3) is 13.5. The van der Waals surface area contributed by atoms with Crippen LogP contribution < -0.4 is 0 Å². The molecule has 30 rings (SSSR count). The zero-order valence-corrected chi connectivity index (χ0v) is 81.6. The first kappa shape index (κ1) is 84.5. The van der Waals surface area contributed by atoms with Crippen LogP contribution in [0, 0.1) is 0 Å². The van der Waals surface area contributed by atoms with E-state index in [0.29, 0.717) is 0 Å². The second-order valence-electron chi connectivity index (χ2n) is 39.6. The van der Waals surface area contributed by atoms with Gasteiger partial charge in [-0.05, 0) is 256 Å². The number of thiophene rings is 2. The van der Waals surface area contributed by atoms with Crippen LogP contribution in [-0.2, 0) is 10.8 Å². The maximum absolute atomic E-state index is 2.50. The Kier molecular flexibility index (Phi) is 19.7. The van der Waals surface area contributed by atoms with Crippen LogP contribution in [0.1, 0.15) is 49.9 Å². The third-order valence-corrected chi connectivity index (χ3v) is 33.1. The number of fused-ring (bicyclic) bond motifs is 26. The first-order chi connectivity index (χ1) is 70.9. The van der Waals surface area contributed by atoms with Crippen molar-refractivity contribution in [1.29, 1.82) is 0 Å². The maximum atomic E-state index is 2.50. The van der Waals surface area contributed by atoms with E-state index in [1.165, 1.54) is 250 Å². The lowest BCUT2D eigenvalue weighted by Crippen LogP contribution is -2.17. The minimum Gasteiger partial charge on any atom is -0.307 e. The van der Waals surface area contributed by atoms with E-state index in [2.05, 4.69) is 543 Å². The predicted molar refractivity (Wildman–Crippen MR) is 616 cm³/mol. The fraction of sp³-hybridized carbons (Fsp3) is 0.0435. The zero-order valence-electron chi connectivity index (χ0n) is 79.9. The summed E-state index contributed by atoms with van der Waals surface area (Å²) in [5, 5.41) is 15.3. The highest BCUT2D eigenvalue weighted by molar-refractivity contribution is 7.27. The van der Waals surface area contributed by atoms with Gasteiger partial charge < -0.3 is 18.3 Å². The molecule has 2 aliphatic carbocycles. The number of para-hydroxylation sites is 6. The number of benzene rings is 22. The molecule has 0 atom stereocenters. The Morgan fingerprint density at radius 2 is 0.368 bits per heavy atom. The first-order valence-electron chi connectivity index (χ1n) is 49.9. The lowest BCUT2D eigenvalue weighted by atomic mass is 9.79. The van der Waals surface area contributed by atoms with Crippen molar-refractivity contribution >= 4 is 150 Å². The molecule has 6 heterocycles. The molecule has 2 aliphatic rings. The number of hydrogen-bond acceptors (Lipinski definition) is 2. The molecule has 22 aromatic carbocycles. The van der Waals surface area contributed by atoms with E-state index < -0.39 is 0 Å². The van der Waals surface area contributed by atoms with Gasteiger partial charge in [0, 0.05) is 117 Å². The lowest BCUT2D eigenvalue weighted by Gasteiger charge is -2.24. The van der Waals surface area contributed by atoms with Crippen molar-refractivity contribution in [2.45, 2.75) is 38.5 Å². The summed E-state index contributed by atoms with van der Waals surface area (Å²) in [7, 11) is 0. The molecule has 0 bridgehead atoms. The average Bonchev–Trinajstić information content (AvgIpc) is 1.51. The van der Waals surface area contributed by atoms with Crippen LogP contribution in [0.15, 0.2) is 497 Å². The van der Waals surface area contributed by atoms with Gasteiger partial charge in [-0.3, -0.25) is 0 Å². The molecule has 0 unspecified atom stereocenters. The van der Waals surface area contributed by atoms with E-state index in [0.717, 1.165) is 22.7 Å². The molecule has 0 N–H and O–H groups in total. The second-order valence-corrected chi connectivity index (χ2v) is 41.8. The van der Waals surface area contributed by atoms with Crippen molar-refractivity contribution in [3.63, 3.8) is 0 Å². The number of aromatic nitrogens is 4. The molecule has 0 saturated carbocycles. The van der Waals surface area contributed by atoms with E-state index >= 15 is 0 Å². The highest BCUT2D eigenvalue weighted by Crippen LogP contribution is 2.58. The molecule has 144 heavy (non-hydrogen) atoms. The molecule has 28 aromatic rings. The Hall–Kier alpha value is -17.5. The van der Waals surface area contributed by atoms with Gasteiger partial charge in [-0.2, -0.15) is 0 Å².